The third-order valence-corrected chi connectivity index (χ3v) is 1.70. The summed E-state index contributed by atoms with van der Waals surface area (Å²) in [5, 5.41) is 0. The van der Waals surface area contributed by atoms with Gasteiger partial charge in [0.1, 0.15) is 6.26 Å². The first-order valence-electron chi connectivity index (χ1n) is 4.16. The van der Waals surface area contributed by atoms with Crippen molar-refractivity contribution in [3.8, 4) is 0 Å². The average Bonchev–Trinajstić information content (AvgIpc) is 2.26. The Labute approximate surface area is 83.0 Å². The smallest absolute Gasteiger partial charge is 0.230 e. The number of benzene rings is 1. The molecule has 0 aliphatic rings. The molecule has 0 saturated heterocycles. The number of hydrogen-bond donors (Lipinski definition) is 0. The highest BCUT2D eigenvalue weighted by Crippen LogP contribution is 2.08. The summed E-state index contributed by atoms with van der Waals surface area (Å²) < 4.78 is 9.62. The SMILES string of the molecule is COC=C(OC)C(=O)c1ccccc1. The molecular formula is C11H12O3. The molecule has 0 saturated carbocycles. The van der Waals surface area contributed by atoms with Gasteiger partial charge in [0.2, 0.25) is 11.5 Å². The lowest BCUT2D eigenvalue weighted by atomic mass is 10.1. The van der Waals surface area contributed by atoms with Crippen LogP contribution >= 0.6 is 0 Å². The van der Waals surface area contributed by atoms with Gasteiger partial charge < -0.3 is 9.47 Å². The van der Waals surface area contributed by atoms with Crippen LogP contribution in [0.2, 0.25) is 0 Å². The highest BCUT2D eigenvalue weighted by Gasteiger charge is 2.12. The fourth-order valence-corrected chi connectivity index (χ4v) is 1.03. The maximum Gasteiger partial charge on any atom is 0.230 e. The number of carbonyl (C=O) groups excluding carboxylic acids is 1. The molecule has 0 bridgehead atoms. The Kier molecular flexibility index (Phi) is 3.73. The van der Waals surface area contributed by atoms with Crippen molar-refractivity contribution in [1.82, 2.24) is 0 Å². The van der Waals surface area contributed by atoms with Crippen molar-refractivity contribution in [1.29, 1.82) is 0 Å². The zero-order valence-corrected chi connectivity index (χ0v) is 8.19. The zero-order chi connectivity index (χ0) is 10.4. The molecule has 14 heavy (non-hydrogen) atoms. The van der Waals surface area contributed by atoms with E-state index in [1.807, 2.05) is 6.07 Å². The van der Waals surface area contributed by atoms with Gasteiger partial charge in [-0.05, 0) is 0 Å². The Hall–Kier alpha value is -1.77. The van der Waals surface area contributed by atoms with Crippen LogP contribution < -0.4 is 0 Å². The molecule has 0 aromatic heterocycles. The van der Waals surface area contributed by atoms with Crippen LogP contribution in [0, 0.1) is 0 Å². The highest BCUT2D eigenvalue weighted by atomic mass is 16.5. The lowest BCUT2D eigenvalue weighted by Crippen LogP contribution is -2.05. The van der Waals surface area contributed by atoms with Crippen LogP contribution in [0.4, 0.5) is 0 Å². The number of ketones is 1. The number of hydrogen-bond acceptors (Lipinski definition) is 3. The monoisotopic (exact) mass is 192 g/mol. The topological polar surface area (TPSA) is 35.5 Å². The number of methoxy groups -OCH3 is 2. The molecule has 0 aliphatic heterocycles. The van der Waals surface area contributed by atoms with Crippen LogP contribution in [0.5, 0.6) is 0 Å². The zero-order valence-electron chi connectivity index (χ0n) is 8.19. The van der Waals surface area contributed by atoms with Crippen molar-refractivity contribution in [2.45, 2.75) is 0 Å². The van der Waals surface area contributed by atoms with E-state index in [1.54, 1.807) is 24.3 Å². The minimum absolute atomic E-state index is 0.185. The maximum atomic E-state index is 11.7. The van der Waals surface area contributed by atoms with Crippen molar-refractivity contribution < 1.29 is 14.3 Å². The largest absolute Gasteiger partial charge is 0.500 e. The van der Waals surface area contributed by atoms with Gasteiger partial charge in [-0.25, -0.2) is 0 Å². The highest BCUT2D eigenvalue weighted by molar-refractivity contribution is 6.07. The molecule has 0 heterocycles. The van der Waals surface area contributed by atoms with E-state index in [-0.39, 0.29) is 11.5 Å². The maximum absolute atomic E-state index is 11.7. The Morgan fingerprint density at radius 1 is 1.21 bits per heavy atom. The van der Waals surface area contributed by atoms with Gasteiger partial charge in [0, 0.05) is 5.56 Å². The van der Waals surface area contributed by atoms with Gasteiger partial charge in [0.05, 0.1) is 14.2 Å². The molecule has 0 aliphatic carbocycles. The summed E-state index contributed by atoms with van der Waals surface area (Å²) in [4.78, 5) is 11.7. The lowest BCUT2D eigenvalue weighted by molar-refractivity contribution is 0.0940. The third kappa shape index (κ3) is 2.36. The van der Waals surface area contributed by atoms with E-state index >= 15 is 0 Å². The average molecular weight is 192 g/mol. The second kappa shape index (κ2) is 5.07. The summed E-state index contributed by atoms with van der Waals surface area (Å²) in [5.74, 6) is 0.00801. The molecule has 0 radical (unpaired) electrons. The molecule has 0 spiro atoms. The molecular weight excluding hydrogens is 180 g/mol. The molecule has 1 aromatic carbocycles. The predicted molar refractivity (Wildman–Crippen MR) is 52.9 cm³/mol. The van der Waals surface area contributed by atoms with Crippen LogP contribution in [0.15, 0.2) is 42.4 Å². The third-order valence-electron chi connectivity index (χ3n) is 1.70. The van der Waals surface area contributed by atoms with Crippen molar-refractivity contribution in [3.05, 3.63) is 47.9 Å². The summed E-state index contributed by atoms with van der Waals surface area (Å²) in [6.07, 6.45) is 1.29. The Morgan fingerprint density at radius 2 is 1.86 bits per heavy atom. The minimum atomic E-state index is -0.185. The number of rotatable bonds is 4. The van der Waals surface area contributed by atoms with Gasteiger partial charge in [0.25, 0.3) is 0 Å². The Morgan fingerprint density at radius 3 is 2.36 bits per heavy atom. The fraction of sp³-hybridized carbons (Fsp3) is 0.182. The standard InChI is InChI=1S/C11H12O3/c1-13-8-10(14-2)11(12)9-6-4-3-5-7-9/h3-8H,1-2H3. The van der Waals surface area contributed by atoms with Crippen molar-refractivity contribution in [3.63, 3.8) is 0 Å². The normalized spacial score (nSPS) is 10.9. The van der Waals surface area contributed by atoms with E-state index < -0.39 is 0 Å². The van der Waals surface area contributed by atoms with E-state index in [2.05, 4.69) is 0 Å². The lowest BCUT2D eigenvalue weighted by Gasteiger charge is -2.03. The van der Waals surface area contributed by atoms with Gasteiger partial charge in [0.15, 0.2) is 0 Å². The van der Waals surface area contributed by atoms with Gasteiger partial charge in [-0.2, -0.15) is 0 Å². The van der Waals surface area contributed by atoms with Gasteiger partial charge >= 0.3 is 0 Å². The van der Waals surface area contributed by atoms with Crippen LogP contribution in [-0.4, -0.2) is 20.0 Å². The molecule has 0 atom stereocenters. The van der Waals surface area contributed by atoms with E-state index in [4.69, 9.17) is 9.47 Å². The number of allylic oxidation sites excluding steroid dienone is 1. The summed E-state index contributed by atoms with van der Waals surface area (Å²) in [7, 11) is 2.91. The van der Waals surface area contributed by atoms with Crippen LogP contribution in [0.1, 0.15) is 10.4 Å². The second-order valence-corrected chi connectivity index (χ2v) is 2.62. The van der Waals surface area contributed by atoms with Crippen LogP contribution in [-0.2, 0) is 9.47 Å². The van der Waals surface area contributed by atoms with Crippen molar-refractivity contribution in [2.75, 3.05) is 14.2 Å². The minimum Gasteiger partial charge on any atom is -0.500 e. The molecule has 3 heteroatoms. The second-order valence-electron chi connectivity index (χ2n) is 2.62. The first kappa shape index (κ1) is 10.3. The molecule has 0 unspecified atom stereocenters. The van der Waals surface area contributed by atoms with Crippen molar-refractivity contribution >= 4 is 5.78 Å². The van der Waals surface area contributed by atoms with Crippen molar-refractivity contribution in [2.24, 2.45) is 0 Å². The molecule has 0 N–H and O–H groups in total. The van der Waals surface area contributed by atoms with Crippen LogP contribution in [0.25, 0.3) is 0 Å². The summed E-state index contributed by atoms with van der Waals surface area (Å²) in [5.41, 5.74) is 0.581. The van der Waals surface area contributed by atoms with E-state index in [0.29, 0.717) is 5.56 Å². The quantitative estimate of drug-likeness (QED) is 0.416. The molecule has 74 valence electrons. The predicted octanol–water partition coefficient (Wildman–Crippen LogP) is 2.00. The van der Waals surface area contributed by atoms with E-state index in [1.165, 1.54) is 20.5 Å². The molecule has 1 rings (SSSR count). The number of Topliss-reactive ketones (excluding diaryl/α,β-unsaturated/α-hetero) is 1. The summed E-state index contributed by atoms with van der Waals surface area (Å²) in [6, 6.07) is 8.90. The molecule has 3 nitrogen and oxygen atoms in total. The Balaban J connectivity index is 2.90. The van der Waals surface area contributed by atoms with Gasteiger partial charge in [-0.3, -0.25) is 4.79 Å². The van der Waals surface area contributed by atoms with E-state index in [0.717, 1.165) is 0 Å². The summed E-state index contributed by atoms with van der Waals surface area (Å²) in [6.45, 7) is 0. The van der Waals surface area contributed by atoms with Crippen LogP contribution in [0.3, 0.4) is 0 Å². The Bertz CT molecular complexity index is 328. The number of ether oxygens (including phenoxy) is 2. The fourth-order valence-electron chi connectivity index (χ4n) is 1.03. The first-order chi connectivity index (χ1) is 6.79. The molecule has 0 amide bonds. The number of carbonyl (C=O) groups is 1. The van der Waals surface area contributed by atoms with Gasteiger partial charge in [-0.1, -0.05) is 30.3 Å². The first-order valence-corrected chi connectivity index (χ1v) is 4.16. The summed E-state index contributed by atoms with van der Waals surface area (Å²) >= 11 is 0. The van der Waals surface area contributed by atoms with E-state index in [9.17, 15) is 4.79 Å². The molecule has 0 fully saturated rings. The van der Waals surface area contributed by atoms with Gasteiger partial charge in [-0.15, -0.1) is 0 Å². The molecule has 1 aromatic rings.